The lowest BCUT2D eigenvalue weighted by Crippen LogP contribution is -2.66. The first-order valence-corrected chi connectivity index (χ1v) is 9.61. The Hall–Kier alpha value is -2.40. The van der Waals surface area contributed by atoms with E-state index in [1.54, 1.807) is 0 Å². The highest BCUT2D eigenvalue weighted by molar-refractivity contribution is 5.88. The van der Waals surface area contributed by atoms with Crippen molar-refractivity contribution in [3.8, 4) is 0 Å². The first-order valence-electron chi connectivity index (χ1n) is 9.61. The largest absolute Gasteiger partial charge is 0.481 e. The van der Waals surface area contributed by atoms with E-state index in [4.69, 9.17) is 25.4 Å². The maximum atomic E-state index is 12.4. The van der Waals surface area contributed by atoms with Crippen LogP contribution in [0.2, 0.25) is 0 Å². The average molecular weight is 467 g/mol. The van der Waals surface area contributed by atoms with Crippen molar-refractivity contribution in [2.45, 2.75) is 68.7 Å². The molecule has 10 N–H and O–H groups in total. The number of carbonyl (C=O) groups is 4. The SMILES string of the molecule is C[C@H](O[C@H]1[C@H](O)[C@@H](CO)OC(O)[C@@H]1NC(=O)C(O)CO)C(=O)N[C@H](CCC(=O)O)C(N)=O. The van der Waals surface area contributed by atoms with E-state index in [-0.39, 0.29) is 6.42 Å². The molecule has 184 valence electrons. The fraction of sp³-hybridized carbons (Fsp3) is 0.765. The summed E-state index contributed by atoms with van der Waals surface area (Å²) in [7, 11) is 0. The number of nitrogens with two attached hydrogens (primary N) is 1. The fourth-order valence-electron chi connectivity index (χ4n) is 2.88. The summed E-state index contributed by atoms with van der Waals surface area (Å²) in [6, 6.07) is -2.86. The number of hydrogen-bond acceptors (Lipinski definition) is 11. The zero-order valence-electron chi connectivity index (χ0n) is 17.2. The molecule has 0 aromatic heterocycles. The Morgan fingerprint density at radius 3 is 2.28 bits per heavy atom. The van der Waals surface area contributed by atoms with Gasteiger partial charge in [-0.15, -0.1) is 0 Å². The molecule has 1 rings (SSSR count). The molecule has 3 amide bonds. The molecule has 0 aromatic rings. The summed E-state index contributed by atoms with van der Waals surface area (Å²) in [5.74, 6) is -4.26. The first kappa shape index (κ1) is 27.6. The van der Waals surface area contributed by atoms with Gasteiger partial charge in [-0.2, -0.15) is 0 Å². The maximum absolute atomic E-state index is 12.4. The van der Waals surface area contributed by atoms with Crippen LogP contribution in [0.4, 0.5) is 0 Å². The number of aliphatic hydroxyl groups is 5. The smallest absolute Gasteiger partial charge is 0.303 e. The van der Waals surface area contributed by atoms with Crippen LogP contribution >= 0.6 is 0 Å². The number of rotatable bonds is 12. The van der Waals surface area contributed by atoms with Crippen LogP contribution in [-0.2, 0) is 28.7 Å². The van der Waals surface area contributed by atoms with E-state index in [0.717, 1.165) is 0 Å². The minimum atomic E-state index is -1.86. The van der Waals surface area contributed by atoms with Crippen LogP contribution in [-0.4, -0.2) is 116 Å². The Morgan fingerprint density at radius 2 is 1.78 bits per heavy atom. The first-order chi connectivity index (χ1) is 14.9. The van der Waals surface area contributed by atoms with E-state index >= 15 is 0 Å². The Kier molecular flexibility index (Phi) is 10.9. The number of aliphatic hydroxyl groups excluding tert-OH is 5. The van der Waals surface area contributed by atoms with Crippen LogP contribution in [0.1, 0.15) is 19.8 Å². The fourth-order valence-corrected chi connectivity index (χ4v) is 2.88. The van der Waals surface area contributed by atoms with E-state index in [9.17, 15) is 39.6 Å². The van der Waals surface area contributed by atoms with Gasteiger partial charge in [-0.05, 0) is 13.3 Å². The third-order valence-corrected chi connectivity index (χ3v) is 4.69. The topological polar surface area (TPSA) is 258 Å². The van der Waals surface area contributed by atoms with Gasteiger partial charge in [0.25, 0.3) is 5.91 Å². The van der Waals surface area contributed by atoms with Crippen molar-refractivity contribution in [1.29, 1.82) is 0 Å². The van der Waals surface area contributed by atoms with Crippen LogP contribution in [0, 0.1) is 0 Å². The second-order valence-electron chi connectivity index (χ2n) is 7.11. The number of ether oxygens (including phenoxy) is 2. The molecule has 1 heterocycles. The molecule has 1 aliphatic heterocycles. The van der Waals surface area contributed by atoms with Crippen LogP contribution in [0.3, 0.4) is 0 Å². The molecule has 15 nitrogen and oxygen atoms in total. The number of nitrogens with one attached hydrogen (secondary N) is 2. The van der Waals surface area contributed by atoms with Crippen molar-refractivity contribution >= 4 is 23.7 Å². The monoisotopic (exact) mass is 467 g/mol. The van der Waals surface area contributed by atoms with Crippen molar-refractivity contribution in [2.75, 3.05) is 13.2 Å². The van der Waals surface area contributed by atoms with Gasteiger partial charge in [0.05, 0.1) is 13.2 Å². The standard InChI is InChI=1S/C17H29N3O12/c1-6(15(28)19-7(14(18)27)2-3-10(24)25)31-13-11(20-16(29)8(23)4-21)17(30)32-9(5-22)12(13)26/h6-9,11-13,17,21-23,26,30H,2-5H2,1H3,(H2,18,27)(H,19,28)(H,20,29)(H,24,25)/t6-,7+,8?,9+,11+,12+,13+,17?/m0/s1. The quantitative estimate of drug-likeness (QED) is 0.130. The molecule has 0 radical (unpaired) electrons. The van der Waals surface area contributed by atoms with Gasteiger partial charge in [-0.1, -0.05) is 0 Å². The van der Waals surface area contributed by atoms with E-state index in [2.05, 4.69) is 10.6 Å². The number of amides is 3. The summed E-state index contributed by atoms with van der Waals surface area (Å²) in [6.45, 7) is -0.488. The Labute approximate surface area is 182 Å². The minimum absolute atomic E-state index is 0.286. The van der Waals surface area contributed by atoms with Gasteiger partial charge in [-0.3, -0.25) is 19.2 Å². The molecule has 1 aliphatic rings. The van der Waals surface area contributed by atoms with Crippen LogP contribution in [0.15, 0.2) is 0 Å². The predicted octanol–water partition coefficient (Wildman–Crippen LogP) is -5.50. The third-order valence-electron chi connectivity index (χ3n) is 4.69. The Bertz CT molecular complexity index is 677. The maximum Gasteiger partial charge on any atom is 0.303 e. The molecule has 8 atom stereocenters. The summed E-state index contributed by atoms with van der Waals surface area (Å²) in [6.07, 6.45) is -10.4. The van der Waals surface area contributed by atoms with Gasteiger partial charge in [0, 0.05) is 6.42 Å². The molecule has 15 heteroatoms. The van der Waals surface area contributed by atoms with E-state index < -0.39 is 92.2 Å². The van der Waals surface area contributed by atoms with Gasteiger partial charge >= 0.3 is 5.97 Å². The van der Waals surface area contributed by atoms with Crippen molar-refractivity contribution in [1.82, 2.24) is 10.6 Å². The highest BCUT2D eigenvalue weighted by Gasteiger charge is 2.47. The zero-order chi connectivity index (χ0) is 24.6. The van der Waals surface area contributed by atoms with Gasteiger partial charge in [0.2, 0.25) is 11.8 Å². The Morgan fingerprint density at radius 1 is 1.16 bits per heavy atom. The van der Waals surface area contributed by atoms with Gasteiger partial charge in [0.1, 0.15) is 36.5 Å². The lowest BCUT2D eigenvalue weighted by Gasteiger charge is -2.43. The summed E-state index contributed by atoms with van der Waals surface area (Å²) in [4.78, 5) is 46.5. The summed E-state index contributed by atoms with van der Waals surface area (Å²) < 4.78 is 10.5. The van der Waals surface area contributed by atoms with Gasteiger partial charge < -0.3 is 56.5 Å². The minimum Gasteiger partial charge on any atom is -0.481 e. The summed E-state index contributed by atoms with van der Waals surface area (Å²) >= 11 is 0. The molecule has 0 saturated carbocycles. The van der Waals surface area contributed by atoms with Crippen molar-refractivity contribution in [2.24, 2.45) is 5.73 Å². The van der Waals surface area contributed by atoms with E-state index in [0.29, 0.717) is 0 Å². The lowest BCUT2D eigenvalue weighted by atomic mass is 9.96. The van der Waals surface area contributed by atoms with Crippen molar-refractivity contribution < 1.29 is 59.3 Å². The van der Waals surface area contributed by atoms with E-state index in [1.165, 1.54) is 6.92 Å². The van der Waals surface area contributed by atoms with Crippen LogP contribution in [0.25, 0.3) is 0 Å². The second kappa shape index (κ2) is 12.6. The Balaban J connectivity index is 2.96. The highest BCUT2D eigenvalue weighted by atomic mass is 16.6. The third kappa shape index (κ3) is 7.63. The molecule has 0 aliphatic carbocycles. The molecule has 32 heavy (non-hydrogen) atoms. The number of carboxylic acids is 1. The lowest BCUT2D eigenvalue weighted by molar-refractivity contribution is -0.266. The van der Waals surface area contributed by atoms with Crippen LogP contribution in [0.5, 0.6) is 0 Å². The van der Waals surface area contributed by atoms with Gasteiger partial charge in [0.15, 0.2) is 12.4 Å². The molecule has 0 aromatic carbocycles. The molecule has 2 unspecified atom stereocenters. The normalized spacial score (nSPS) is 28.2. The number of primary amides is 1. The number of carboxylic acid groups (broad SMARTS) is 1. The highest BCUT2D eigenvalue weighted by Crippen LogP contribution is 2.24. The van der Waals surface area contributed by atoms with Gasteiger partial charge in [-0.25, -0.2) is 0 Å². The second-order valence-corrected chi connectivity index (χ2v) is 7.11. The molecular formula is C17H29N3O12. The summed E-state index contributed by atoms with van der Waals surface area (Å²) in [5.41, 5.74) is 5.15. The number of carbonyl (C=O) groups excluding carboxylic acids is 3. The van der Waals surface area contributed by atoms with Crippen LogP contribution < -0.4 is 16.4 Å². The number of hydrogen-bond donors (Lipinski definition) is 9. The molecular weight excluding hydrogens is 438 g/mol. The number of aliphatic carboxylic acids is 1. The average Bonchev–Trinajstić information content (AvgIpc) is 2.74. The van der Waals surface area contributed by atoms with E-state index in [1.807, 2.05) is 0 Å². The molecule has 1 fully saturated rings. The van der Waals surface area contributed by atoms with Crippen molar-refractivity contribution in [3.05, 3.63) is 0 Å². The predicted molar refractivity (Wildman–Crippen MR) is 101 cm³/mol. The van der Waals surface area contributed by atoms with Crippen molar-refractivity contribution in [3.63, 3.8) is 0 Å². The molecule has 1 saturated heterocycles. The molecule has 0 spiro atoms. The zero-order valence-corrected chi connectivity index (χ0v) is 17.2. The molecule has 0 bridgehead atoms. The summed E-state index contributed by atoms with van der Waals surface area (Å²) in [5, 5.41) is 61.3.